The van der Waals surface area contributed by atoms with Gasteiger partial charge in [0, 0.05) is 17.4 Å². The maximum Gasteiger partial charge on any atom is 0.224 e. The number of rotatable bonds is 2. The molecule has 0 aliphatic rings. The molecule has 1 heterocycles. The number of halogens is 3. The summed E-state index contributed by atoms with van der Waals surface area (Å²) in [4.78, 5) is 7.87. The molecule has 6 heteroatoms. The Morgan fingerprint density at radius 3 is 2.88 bits per heavy atom. The summed E-state index contributed by atoms with van der Waals surface area (Å²) in [5.41, 5.74) is 1.43. The molecule has 0 spiro atoms. The number of nitrogens with one attached hydrogen (secondary N) is 1. The number of aryl methyl sites for hydroxylation is 1. The van der Waals surface area contributed by atoms with Gasteiger partial charge in [-0.05, 0) is 52.7 Å². The second kappa shape index (κ2) is 4.98. The molecule has 1 aromatic carbocycles. The highest BCUT2D eigenvalue weighted by atomic mass is 79.9. The van der Waals surface area contributed by atoms with E-state index in [-0.39, 0.29) is 11.1 Å². The van der Waals surface area contributed by atoms with Gasteiger partial charge in [0.1, 0.15) is 11.6 Å². The van der Waals surface area contributed by atoms with E-state index in [1.165, 1.54) is 6.07 Å². The summed E-state index contributed by atoms with van der Waals surface area (Å²) in [7, 11) is 0. The van der Waals surface area contributed by atoms with Crippen LogP contribution in [0, 0.1) is 12.7 Å². The standard InChI is InChI=1S/C11H8BrClFN3/c1-6-5-15-11(13)17-10(6)16-7-2-3-8(12)9(14)4-7/h2-5H,1H3,(H,15,16,17). The molecule has 1 aromatic heterocycles. The van der Waals surface area contributed by atoms with Crippen LogP contribution in [0.15, 0.2) is 28.9 Å². The zero-order valence-electron chi connectivity index (χ0n) is 8.84. The molecule has 0 aliphatic heterocycles. The molecule has 2 aromatic rings. The van der Waals surface area contributed by atoms with Crippen LogP contribution in [0.5, 0.6) is 0 Å². The third-order valence-corrected chi connectivity index (χ3v) is 2.95. The van der Waals surface area contributed by atoms with Gasteiger partial charge in [-0.15, -0.1) is 0 Å². The van der Waals surface area contributed by atoms with Crippen LogP contribution in [-0.2, 0) is 0 Å². The van der Waals surface area contributed by atoms with E-state index >= 15 is 0 Å². The van der Waals surface area contributed by atoms with Crippen molar-refractivity contribution in [3.8, 4) is 0 Å². The van der Waals surface area contributed by atoms with Crippen LogP contribution >= 0.6 is 27.5 Å². The zero-order chi connectivity index (χ0) is 12.4. The first kappa shape index (κ1) is 12.3. The SMILES string of the molecule is Cc1cnc(Cl)nc1Nc1ccc(Br)c(F)c1. The summed E-state index contributed by atoms with van der Waals surface area (Å²) in [5, 5.41) is 3.13. The Morgan fingerprint density at radius 2 is 2.18 bits per heavy atom. The van der Waals surface area contributed by atoms with Gasteiger partial charge in [-0.2, -0.15) is 0 Å². The lowest BCUT2D eigenvalue weighted by Crippen LogP contribution is -1.98. The lowest BCUT2D eigenvalue weighted by atomic mass is 10.3. The van der Waals surface area contributed by atoms with Gasteiger partial charge in [0.2, 0.25) is 5.28 Å². The highest BCUT2D eigenvalue weighted by Crippen LogP contribution is 2.23. The van der Waals surface area contributed by atoms with Gasteiger partial charge in [-0.25, -0.2) is 14.4 Å². The number of anilines is 2. The Bertz CT molecular complexity index is 562. The molecular weight excluding hydrogens is 308 g/mol. The second-order valence-corrected chi connectivity index (χ2v) is 4.62. The Balaban J connectivity index is 2.31. The van der Waals surface area contributed by atoms with Crippen molar-refractivity contribution < 1.29 is 4.39 Å². The summed E-state index contributed by atoms with van der Waals surface area (Å²) in [5.74, 6) is 0.222. The van der Waals surface area contributed by atoms with Crippen molar-refractivity contribution in [3.05, 3.63) is 45.5 Å². The number of hydrogen-bond donors (Lipinski definition) is 1. The van der Waals surface area contributed by atoms with E-state index < -0.39 is 0 Å². The van der Waals surface area contributed by atoms with E-state index in [0.717, 1.165) is 5.56 Å². The van der Waals surface area contributed by atoms with Crippen molar-refractivity contribution in [2.45, 2.75) is 6.92 Å². The van der Waals surface area contributed by atoms with Crippen molar-refractivity contribution in [2.24, 2.45) is 0 Å². The molecule has 0 saturated carbocycles. The Hall–Kier alpha value is -1.20. The second-order valence-electron chi connectivity index (χ2n) is 3.42. The summed E-state index contributed by atoms with van der Waals surface area (Å²) in [6.07, 6.45) is 1.60. The van der Waals surface area contributed by atoms with Crippen molar-refractivity contribution in [3.63, 3.8) is 0 Å². The number of aromatic nitrogens is 2. The molecule has 17 heavy (non-hydrogen) atoms. The fraction of sp³-hybridized carbons (Fsp3) is 0.0909. The molecule has 0 atom stereocenters. The Kier molecular flexibility index (Phi) is 3.59. The predicted octanol–water partition coefficient (Wildman–Crippen LogP) is 4.08. The van der Waals surface area contributed by atoms with Crippen LogP contribution in [0.4, 0.5) is 15.9 Å². The van der Waals surface area contributed by atoms with Crippen molar-refractivity contribution in [1.82, 2.24) is 9.97 Å². The zero-order valence-corrected chi connectivity index (χ0v) is 11.2. The average Bonchev–Trinajstić information content (AvgIpc) is 2.29. The minimum Gasteiger partial charge on any atom is -0.340 e. The first-order valence-corrected chi connectivity index (χ1v) is 5.94. The lowest BCUT2D eigenvalue weighted by Gasteiger charge is -2.08. The van der Waals surface area contributed by atoms with Gasteiger partial charge in [0.15, 0.2) is 0 Å². The van der Waals surface area contributed by atoms with Gasteiger partial charge in [0.05, 0.1) is 4.47 Å². The lowest BCUT2D eigenvalue weighted by molar-refractivity contribution is 0.622. The molecule has 0 aliphatic carbocycles. The smallest absolute Gasteiger partial charge is 0.224 e. The monoisotopic (exact) mass is 315 g/mol. The van der Waals surface area contributed by atoms with Crippen LogP contribution in [0.25, 0.3) is 0 Å². The average molecular weight is 317 g/mol. The summed E-state index contributed by atoms with van der Waals surface area (Å²) < 4.78 is 13.7. The molecule has 0 amide bonds. The number of nitrogens with zero attached hydrogens (tertiary/aromatic N) is 2. The highest BCUT2D eigenvalue weighted by Gasteiger charge is 2.05. The third-order valence-electron chi connectivity index (χ3n) is 2.12. The van der Waals surface area contributed by atoms with Gasteiger partial charge in [-0.3, -0.25) is 0 Å². The predicted molar refractivity (Wildman–Crippen MR) is 69.2 cm³/mol. The van der Waals surface area contributed by atoms with E-state index in [9.17, 15) is 4.39 Å². The molecule has 0 fully saturated rings. The fourth-order valence-electron chi connectivity index (χ4n) is 1.26. The van der Waals surface area contributed by atoms with Crippen LogP contribution in [0.3, 0.4) is 0 Å². The van der Waals surface area contributed by atoms with Gasteiger partial charge < -0.3 is 5.32 Å². The molecule has 0 unspecified atom stereocenters. The first-order valence-electron chi connectivity index (χ1n) is 4.77. The summed E-state index contributed by atoms with van der Waals surface area (Å²) in [6.45, 7) is 1.84. The third kappa shape index (κ3) is 2.92. The molecule has 88 valence electrons. The van der Waals surface area contributed by atoms with Crippen LogP contribution in [-0.4, -0.2) is 9.97 Å². The van der Waals surface area contributed by atoms with Crippen LogP contribution in [0.1, 0.15) is 5.56 Å². The van der Waals surface area contributed by atoms with E-state index in [1.807, 2.05) is 6.92 Å². The molecular formula is C11H8BrClFN3. The van der Waals surface area contributed by atoms with E-state index in [0.29, 0.717) is 16.0 Å². The van der Waals surface area contributed by atoms with Gasteiger partial charge >= 0.3 is 0 Å². The fourth-order valence-corrected chi connectivity index (χ4v) is 1.64. The topological polar surface area (TPSA) is 37.8 Å². The van der Waals surface area contributed by atoms with E-state index in [2.05, 4.69) is 31.2 Å². The van der Waals surface area contributed by atoms with Gasteiger partial charge in [-0.1, -0.05) is 0 Å². The first-order chi connectivity index (χ1) is 8.06. The van der Waals surface area contributed by atoms with Gasteiger partial charge in [0.25, 0.3) is 0 Å². The molecule has 0 bridgehead atoms. The Morgan fingerprint density at radius 1 is 1.41 bits per heavy atom. The molecule has 3 nitrogen and oxygen atoms in total. The highest BCUT2D eigenvalue weighted by molar-refractivity contribution is 9.10. The van der Waals surface area contributed by atoms with E-state index in [1.54, 1.807) is 18.3 Å². The molecule has 1 N–H and O–H groups in total. The normalized spacial score (nSPS) is 10.4. The molecule has 0 radical (unpaired) electrons. The minimum absolute atomic E-state index is 0.149. The summed E-state index contributed by atoms with van der Waals surface area (Å²) in [6, 6.07) is 4.73. The molecule has 2 rings (SSSR count). The minimum atomic E-state index is -0.340. The quantitative estimate of drug-likeness (QED) is 0.848. The maximum atomic E-state index is 13.3. The maximum absolute atomic E-state index is 13.3. The van der Waals surface area contributed by atoms with Crippen molar-refractivity contribution in [2.75, 3.05) is 5.32 Å². The largest absolute Gasteiger partial charge is 0.340 e. The van der Waals surface area contributed by atoms with Crippen molar-refractivity contribution >= 4 is 39.0 Å². The summed E-state index contributed by atoms with van der Waals surface area (Å²) >= 11 is 8.79. The van der Waals surface area contributed by atoms with E-state index in [4.69, 9.17) is 11.6 Å². The Labute approximate surface area is 111 Å². The number of benzene rings is 1. The number of hydrogen-bond acceptors (Lipinski definition) is 3. The molecule has 0 saturated heterocycles. The van der Waals surface area contributed by atoms with Crippen LogP contribution < -0.4 is 5.32 Å². The van der Waals surface area contributed by atoms with Crippen LogP contribution in [0.2, 0.25) is 5.28 Å². The van der Waals surface area contributed by atoms with Crippen molar-refractivity contribution in [1.29, 1.82) is 0 Å².